The van der Waals surface area contributed by atoms with E-state index in [0.29, 0.717) is 34.1 Å². The number of phenolic OH excluding ortho intramolecular Hbond substituents is 1. The van der Waals surface area contributed by atoms with Crippen molar-refractivity contribution in [2.24, 2.45) is 0 Å². The minimum Gasteiger partial charge on any atom is -0.504 e. The van der Waals surface area contributed by atoms with Gasteiger partial charge in [-0.05, 0) is 86.3 Å². The minimum absolute atomic E-state index is 0.0263. The van der Waals surface area contributed by atoms with E-state index in [0.717, 1.165) is 28.0 Å². The number of benzene rings is 4. The van der Waals surface area contributed by atoms with Crippen molar-refractivity contribution in [2.75, 3.05) is 14.2 Å². The first-order valence-electron chi connectivity index (χ1n) is 12.1. The smallest absolute Gasteiger partial charge is 0.354 e. The fraction of sp³-hybridized carbons (Fsp3) is 0.200. The van der Waals surface area contributed by atoms with Crippen LogP contribution in [0.25, 0.3) is 11.1 Å². The monoisotopic (exact) mass is 550 g/mol. The van der Waals surface area contributed by atoms with Crippen molar-refractivity contribution < 1.29 is 28.2 Å². The second-order valence-electron chi connectivity index (χ2n) is 8.87. The highest BCUT2D eigenvalue weighted by atomic mass is 32.1. The molecule has 6 nitrogen and oxygen atoms in total. The average Bonchev–Trinajstić information content (AvgIpc) is 2.91. The fourth-order valence-corrected chi connectivity index (χ4v) is 6.50. The summed E-state index contributed by atoms with van der Waals surface area (Å²) in [6.07, 6.45) is 0. The standard InChI is InChI=1S/C30H32O6P2/c1-19-15-23(29(31)27(17-19)32-5)24-16-20(2)18-28(33-6)30(24)36-38(35-26-14-10-8-12-22(26)4)37-34-25-13-9-7-11-21(25)3/h7-18,31,37H,1-6H3. The van der Waals surface area contributed by atoms with E-state index in [1.807, 2.05) is 94.4 Å². The molecule has 198 valence electrons. The topological polar surface area (TPSA) is 66.4 Å². The van der Waals surface area contributed by atoms with E-state index < -0.39 is 8.06 Å². The molecule has 0 amide bonds. The summed E-state index contributed by atoms with van der Waals surface area (Å²) in [5.41, 5.74) is 5.14. The maximum Gasteiger partial charge on any atom is 0.354 e. The fourth-order valence-electron chi connectivity index (χ4n) is 3.94. The molecule has 2 atom stereocenters. The van der Waals surface area contributed by atoms with E-state index >= 15 is 0 Å². The zero-order valence-electron chi connectivity index (χ0n) is 22.4. The Hall–Kier alpha value is -3.46. The van der Waals surface area contributed by atoms with Gasteiger partial charge in [-0.1, -0.05) is 36.4 Å². The van der Waals surface area contributed by atoms with Crippen LogP contribution in [0, 0.1) is 27.7 Å². The van der Waals surface area contributed by atoms with Crippen LogP contribution in [0.1, 0.15) is 22.3 Å². The van der Waals surface area contributed by atoms with E-state index in [9.17, 15) is 5.11 Å². The summed E-state index contributed by atoms with van der Waals surface area (Å²) < 4.78 is 30.4. The van der Waals surface area contributed by atoms with Crippen molar-refractivity contribution in [3.05, 3.63) is 95.1 Å². The molecule has 0 fully saturated rings. The molecule has 0 aliphatic heterocycles. The van der Waals surface area contributed by atoms with Gasteiger partial charge in [-0.2, -0.15) is 0 Å². The molecule has 0 radical (unpaired) electrons. The van der Waals surface area contributed by atoms with Crippen LogP contribution in [0.2, 0.25) is 0 Å². The van der Waals surface area contributed by atoms with Crippen molar-refractivity contribution in [1.29, 1.82) is 0 Å². The number of rotatable bonds is 10. The third-order valence-electron chi connectivity index (χ3n) is 5.92. The van der Waals surface area contributed by atoms with Crippen LogP contribution in [-0.4, -0.2) is 19.3 Å². The second-order valence-corrected chi connectivity index (χ2v) is 11.8. The molecule has 4 aromatic carbocycles. The Kier molecular flexibility index (Phi) is 8.99. The van der Waals surface area contributed by atoms with Gasteiger partial charge in [0.15, 0.2) is 31.5 Å². The van der Waals surface area contributed by atoms with Gasteiger partial charge in [0.25, 0.3) is 0 Å². The lowest BCUT2D eigenvalue weighted by molar-refractivity contribution is 0.373. The Morgan fingerprint density at radius 1 is 0.632 bits per heavy atom. The molecule has 0 aliphatic rings. The van der Waals surface area contributed by atoms with Crippen LogP contribution in [-0.2, 0) is 0 Å². The molecule has 0 heterocycles. The first-order chi connectivity index (χ1) is 18.3. The number of aromatic hydroxyl groups is 1. The first kappa shape index (κ1) is 27.6. The Balaban J connectivity index is 1.79. The highest BCUT2D eigenvalue weighted by molar-refractivity contribution is 8.15. The zero-order valence-corrected chi connectivity index (χ0v) is 24.3. The molecule has 0 bridgehead atoms. The number of ether oxygens (including phenoxy) is 2. The summed E-state index contributed by atoms with van der Waals surface area (Å²) >= 11 is 0. The molecule has 0 aromatic heterocycles. The van der Waals surface area contributed by atoms with Crippen LogP contribution < -0.4 is 23.0 Å². The molecule has 4 aromatic rings. The van der Waals surface area contributed by atoms with Crippen molar-refractivity contribution in [2.45, 2.75) is 27.7 Å². The quantitative estimate of drug-likeness (QED) is 0.199. The molecule has 8 heteroatoms. The average molecular weight is 551 g/mol. The largest absolute Gasteiger partial charge is 0.504 e. The molecule has 0 spiro atoms. The molecule has 0 saturated heterocycles. The molecule has 38 heavy (non-hydrogen) atoms. The number of hydrogen-bond donors (Lipinski definition) is 1. The summed E-state index contributed by atoms with van der Waals surface area (Å²) in [6, 6.07) is 23.2. The van der Waals surface area contributed by atoms with Gasteiger partial charge < -0.3 is 28.2 Å². The molecule has 0 aliphatic carbocycles. The van der Waals surface area contributed by atoms with Crippen LogP contribution in [0.3, 0.4) is 0 Å². The third kappa shape index (κ3) is 6.32. The van der Waals surface area contributed by atoms with Crippen LogP contribution in [0.5, 0.6) is 34.5 Å². The SMILES string of the molecule is COc1cc(C)cc(-c2cc(C)cc(OC)c2OP(Oc2ccccc2C)POc2ccccc2C)c1O. The van der Waals surface area contributed by atoms with Crippen LogP contribution in [0.4, 0.5) is 0 Å². The summed E-state index contributed by atoms with van der Waals surface area (Å²) in [7, 11) is 1.37. The minimum atomic E-state index is -1.62. The number of methoxy groups -OCH3 is 2. The van der Waals surface area contributed by atoms with Gasteiger partial charge in [0.05, 0.1) is 14.2 Å². The van der Waals surface area contributed by atoms with Gasteiger partial charge in [0, 0.05) is 11.1 Å². The molecule has 0 saturated carbocycles. The van der Waals surface area contributed by atoms with E-state index in [1.165, 1.54) is 7.11 Å². The molecular formula is C30H32O6P2. The Morgan fingerprint density at radius 3 is 1.79 bits per heavy atom. The van der Waals surface area contributed by atoms with E-state index in [4.69, 9.17) is 23.0 Å². The molecule has 2 unspecified atom stereocenters. The van der Waals surface area contributed by atoms with Gasteiger partial charge in [-0.25, -0.2) is 0 Å². The Bertz CT molecular complexity index is 1420. The third-order valence-corrected chi connectivity index (χ3v) is 8.36. The number of aryl methyl sites for hydroxylation is 4. The second kappa shape index (κ2) is 12.4. The van der Waals surface area contributed by atoms with Crippen LogP contribution >= 0.6 is 16.6 Å². The zero-order chi connectivity index (χ0) is 27.2. The normalized spacial score (nSPS) is 11.8. The van der Waals surface area contributed by atoms with Gasteiger partial charge in [-0.15, -0.1) is 0 Å². The lowest BCUT2D eigenvalue weighted by Gasteiger charge is -2.23. The summed E-state index contributed by atoms with van der Waals surface area (Å²) in [5, 5.41) is 11.1. The Morgan fingerprint density at radius 2 is 1.18 bits per heavy atom. The number of hydrogen-bond acceptors (Lipinski definition) is 6. The number of phenols is 1. The van der Waals surface area contributed by atoms with Gasteiger partial charge in [-0.3, -0.25) is 0 Å². The first-order valence-corrected chi connectivity index (χ1v) is 15.0. The predicted octanol–water partition coefficient (Wildman–Crippen LogP) is 8.67. The van der Waals surface area contributed by atoms with E-state index in [2.05, 4.69) is 0 Å². The van der Waals surface area contributed by atoms with Gasteiger partial charge in [0.1, 0.15) is 11.5 Å². The van der Waals surface area contributed by atoms with Crippen molar-refractivity contribution >= 4 is 16.6 Å². The summed E-state index contributed by atoms with van der Waals surface area (Å²) in [5.74, 6) is 2.88. The summed E-state index contributed by atoms with van der Waals surface area (Å²) in [6.45, 7) is 7.91. The van der Waals surface area contributed by atoms with Gasteiger partial charge >= 0.3 is 8.06 Å². The molecular weight excluding hydrogens is 518 g/mol. The lowest BCUT2D eigenvalue weighted by atomic mass is 9.98. The number of para-hydroxylation sites is 2. The maximum atomic E-state index is 11.1. The predicted molar refractivity (Wildman–Crippen MR) is 156 cm³/mol. The van der Waals surface area contributed by atoms with Crippen LogP contribution in [0.15, 0.2) is 72.8 Å². The molecule has 1 N–H and O–H groups in total. The Labute approximate surface area is 227 Å². The highest BCUT2D eigenvalue weighted by Crippen LogP contribution is 2.60. The van der Waals surface area contributed by atoms with Crippen molar-refractivity contribution in [3.8, 4) is 45.6 Å². The van der Waals surface area contributed by atoms with Gasteiger partial charge in [0.2, 0.25) is 0 Å². The summed E-state index contributed by atoms with van der Waals surface area (Å²) in [4.78, 5) is 0. The van der Waals surface area contributed by atoms with E-state index in [1.54, 1.807) is 13.2 Å². The highest BCUT2D eigenvalue weighted by Gasteiger charge is 2.26. The van der Waals surface area contributed by atoms with Crippen molar-refractivity contribution in [1.82, 2.24) is 0 Å². The maximum absolute atomic E-state index is 11.1. The lowest BCUT2D eigenvalue weighted by Crippen LogP contribution is -2.00. The molecule has 4 rings (SSSR count). The van der Waals surface area contributed by atoms with Crippen molar-refractivity contribution in [3.63, 3.8) is 0 Å². The van der Waals surface area contributed by atoms with E-state index in [-0.39, 0.29) is 14.2 Å².